The molecule has 134 valence electrons. The third-order valence-electron chi connectivity index (χ3n) is 5.68. The summed E-state index contributed by atoms with van der Waals surface area (Å²) in [4.78, 5) is 0. The lowest BCUT2D eigenvalue weighted by Crippen LogP contribution is -2.31. The second-order valence-corrected chi connectivity index (χ2v) is 8.06. The van der Waals surface area contributed by atoms with Crippen molar-refractivity contribution in [3.63, 3.8) is 0 Å². The van der Waals surface area contributed by atoms with Crippen molar-refractivity contribution < 1.29 is 14.2 Å². The van der Waals surface area contributed by atoms with Gasteiger partial charge in [-0.3, -0.25) is 0 Å². The van der Waals surface area contributed by atoms with E-state index >= 15 is 0 Å². The van der Waals surface area contributed by atoms with Crippen LogP contribution < -0.4 is 19.5 Å². The van der Waals surface area contributed by atoms with Gasteiger partial charge in [0.2, 0.25) is 12.5 Å². The van der Waals surface area contributed by atoms with Crippen molar-refractivity contribution in [2.45, 2.75) is 58.9 Å². The molecule has 4 heteroatoms. The molecule has 3 rings (SSSR count). The van der Waals surface area contributed by atoms with Gasteiger partial charge in [0, 0.05) is 18.5 Å². The number of fused-ring (bicyclic) bond motifs is 1. The monoisotopic (exact) mass is 333 g/mol. The SMILES string of the molecule is CCCC(C)(C)CC1NCC(c2cc(OC)c3c(c2)OCO3)C1C. The lowest BCUT2D eigenvalue weighted by Gasteiger charge is -2.30. The third kappa shape index (κ3) is 3.34. The van der Waals surface area contributed by atoms with Crippen molar-refractivity contribution in [3.05, 3.63) is 17.7 Å². The molecule has 0 aliphatic carbocycles. The highest BCUT2D eigenvalue weighted by Crippen LogP contribution is 2.46. The molecule has 1 saturated heterocycles. The molecule has 0 bridgehead atoms. The van der Waals surface area contributed by atoms with Crippen molar-refractivity contribution in [2.24, 2.45) is 11.3 Å². The van der Waals surface area contributed by atoms with Crippen LogP contribution in [0.5, 0.6) is 17.2 Å². The molecule has 24 heavy (non-hydrogen) atoms. The van der Waals surface area contributed by atoms with Crippen LogP contribution in [0.4, 0.5) is 0 Å². The highest BCUT2D eigenvalue weighted by Gasteiger charge is 2.37. The molecule has 0 saturated carbocycles. The molecule has 2 aliphatic rings. The van der Waals surface area contributed by atoms with Crippen molar-refractivity contribution in [3.8, 4) is 17.2 Å². The maximum absolute atomic E-state index is 5.59. The Balaban J connectivity index is 1.77. The summed E-state index contributed by atoms with van der Waals surface area (Å²) in [6, 6.07) is 4.82. The Morgan fingerprint density at radius 2 is 2.08 bits per heavy atom. The molecule has 3 atom stereocenters. The fourth-order valence-electron chi connectivity index (χ4n) is 4.35. The Labute approximate surface area is 145 Å². The summed E-state index contributed by atoms with van der Waals surface area (Å²) in [5.41, 5.74) is 1.68. The molecular formula is C20H31NO3. The standard InChI is InChI=1S/C20H31NO3/c1-6-7-20(3,4)10-16-13(2)15(11-21-16)14-8-17(22-5)19-18(9-14)23-12-24-19/h8-9,13,15-16,21H,6-7,10-12H2,1-5H3. The summed E-state index contributed by atoms with van der Waals surface area (Å²) in [6.07, 6.45) is 3.75. The molecule has 0 radical (unpaired) electrons. The van der Waals surface area contributed by atoms with Gasteiger partial charge in [-0.1, -0.05) is 34.1 Å². The van der Waals surface area contributed by atoms with E-state index in [0.29, 0.717) is 23.3 Å². The Morgan fingerprint density at radius 3 is 2.79 bits per heavy atom. The van der Waals surface area contributed by atoms with E-state index in [1.54, 1.807) is 7.11 Å². The summed E-state index contributed by atoms with van der Waals surface area (Å²) >= 11 is 0. The summed E-state index contributed by atoms with van der Waals surface area (Å²) < 4.78 is 16.6. The molecule has 1 aromatic rings. The van der Waals surface area contributed by atoms with Gasteiger partial charge in [0.15, 0.2) is 11.5 Å². The van der Waals surface area contributed by atoms with E-state index in [-0.39, 0.29) is 6.79 Å². The van der Waals surface area contributed by atoms with Gasteiger partial charge in [-0.25, -0.2) is 0 Å². The third-order valence-corrected chi connectivity index (χ3v) is 5.68. The van der Waals surface area contributed by atoms with Crippen LogP contribution in [0.25, 0.3) is 0 Å². The number of hydrogen-bond acceptors (Lipinski definition) is 4. The minimum atomic E-state index is 0.279. The molecule has 1 fully saturated rings. The average molecular weight is 333 g/mol. The zero-order chi connectivity index (χ0) is 17.3. The topological polar surface area (TPSA) is 39.7 Å². The van der Waals surface area contributed by atoms with E-state index in [2.05, 4.69) is 45.1 Å². The van der Waals surface area contributed by atoms with Crippen molar-refractivity contribution in [1.82, 2.24) is 5.32 Å². The molecule has 2 heterocycles. The largest absolute Gasteiger partial charge is 0.493 e. The fourth-order valence-corrected chi connectivity index (χ4v) is 4.35. The van der Waals surface area contributed by atoms with Gasteiger partial charge in [-0.2, -0.15) is 0 Å². The van der Waals surface area contributed by atoms with Crippen LogP contribution in [0.1, 0.15) is 58.4 Å². The first-order valence-electron chi connectivity index (χ1n) is 9.16. The Hall–Kier alpha value is -1.42. The summed E-state index contributed by atoms with van der Waals surface area (Å²) in [6.45, 7) is 10.7. The summed E-state index contributed by atoms with van der Waals surface area (Å²) in [5, 5.41) is 3.76. The molecule has 4 nitrogen and oxygen atoms in total. The van der Waals surface area contributed by atoms with Crippen LogP contribution in [0, 0.1) is 11.3 Å². The van der Waals surface area contributed by atoms with Crippen LogP contribution in [0.3, 0.4) is 0 Å². The summed E-state index contributed by atoms with van der Waals surface area (Å²) in [5.74, 6) is 3.40. The molecular weight excluding hydrogens is 302 g/mol. The lowest BCUT2D eigenvalue weighted by molar-refractivity contribution is 0.171. The smallest absolute Gasteiger partial charge is 0.231 e. The van der Waals surface area contributed by atoms with Crippen molar-refractivity contribution in [2.75, 3.05) is 20.4 Å². The van der Waals surface area contributed by atoms with Crippen LogP contribution in [0.15, 0.2) is 12.1 Å². The van der Waals surface area contributed by atoms with E-state index in [1.807, 2.05) is 0 Å². The van der Waals surface area contributed by atoms with E-state index < -0.39 is 0 Å². The van der Waals surface area contributed by atoms with E-state index in [4.69, 9.17) is 14.2 Å². The predicted molar refractivity (Wildman–Crippen MR) is 96.1 cm³/mol. The van der Waals surface area contributed by atoms with Gasteiger partial charge in [0.25, 0.3) is 0 Å². The molecule has 0 amide bonds. The van der Waals surface area contributed by atoms with Gasteiger partial charge in [-0.15, -0.1) is 0 Å². The highest BCUT2D eigenvalue weighted by atomic mass is 16.7. The quantitative estimate of drug-likeness (QED) is 0.841. The number of nitrogens with one attached hydrogen (secondary N) is 1. The zero-order valence-corrected chi connectivity index (χ0v) is 15.6. The molecule has 0 spiro atoms. The van der Waals surface area contributed by atoms with Crippen LogP contribution >= 0.6 is 0 Å². The second-order valence-electron chi connectivity index (χ2n) is 8.06. The van der Waals surface area contributed by atoms with E-state index in [1.165, 1.54) is 24.8 Å². The van der Waals surface area contributed by atoms with Gasteiger partial charge >= 0.3 is 0 Å². The maximum Gasteiger partial charge on any atom is 0.231 e. The first-order chi connectivity index (χ1) is 11.4. The van der Waals surface area contributed by atoms with Crippen molar-refractivity contribution >= 4 is 0 Å². The number of methoxy groups -OCH3 is 1. The number of hydrogen-bond donors (Lipinski definition) is 1. The van der Waals surface area contributed by atoms with E-state index in [0.717, 1.165) is 23.8 Å². The molecule has 1 aromatic carbocycles. The lowest BCUT2D eigenvalue weighted by atomic mass is 9.77. The first kappa shape index (κ1) is 17.4. The maximum atomic E-state index is 5.59. The molecule has 1 N–H and O–H groups in total. The highest BCUT2D eigenvalue weighted by molar-refractivity contribution is 5.56. The van der Waals surface area contributed by atoms with E-state index in [9.17, 15) is 0 Å². The van der Waals surface area contributed by atoms with Gasteiger partial charge in [0.05, 0.1) is 7.11 Å². The zero-order valence-electron chi connectivity index (χ0n) is 15.6. The van der Waals surface area contributed by atoms with Gasteiger partial charge in [0.1, 0.15) is 0 Å². The van der Waals surface area contributed by atoms with Crippen LogP contribution in [0.2, 0.25) is 0 Å². The van der Waals surface area contributed by atoms with Gasteiger partial charge < -0.3 is 19.5 Å². The number of ether oxygens (including phenoxy) is 3. The Morgan fingerprint density at radius 1 is 1.29 bits per heavy atom. The first-order valence-corrected chi connectivity index (χ1v) is 9.16. The number of rotatable bonds is 6. The minimum absolute atomic E-state index is 0.279. The fraction of sp³-hybridized carbons (Fsp3) is 0.700. The molecule has 2 aliphatic heterocycles. The molecule has 0 aromatic heterocycles. The van der Waals surface area contributed by atoms with Crippen LogP contribution in [-0.2, 0) is 0 Å². The Bertz CT molecular complexity index is 584. The average Bonchev–Trinajstić information content (AvgIpc) is 3.13. The van der Waals surface area contributed by atoms with Crippen molar-refractivity contribution in [1.29, 1.82) is 0 Å². The Kier molecular flexibility index (Phi) is 4.95. The predicted octanol–water partition coefficient (Wildman–Crippen LogP) is 4.33. The van der Waals surface area contributed by atoms with Crippen LogP contribution in [-0.4, -0.2) is 26.5 Å². The summed E-state index contributed by atoms with van der Waals surface area (Å²) in [7, 11) is 1.69. The van der Waals surface area contributed by atoms with Gasteiger partial charge in [-0.05, 0) is 41.9 Å². The number of benzene rings is 1. The second kappa shape index (κ2) is 6.83. The normalized spacial score (nSPS) is 26.0. The molecule has 3 unspecified atom stereocenters. The minimum Gasteiger partial charge on any atom is -0.493 e.